The summed E-state index contributed by atoms with van der Waals surface area (Å²) in [6.45, 7) is 3.36. The van der Waals surface area contributed by atoms with Gasteiger partial charge < -0.3 is 19.8 Å². The maximum atomic E-state index is 11.2. The summed E-state index contributed by atoms with van der Waals surface area (Å²) in [7, 11) is 3.11. The van der Waals surface area contributed by atoms with E-state index >= 15 is 0 Å². The van der Waals surface area contributed by atoms with Gasteiger partial charge in [-0.15, -0.1) is 24.0 Å². The van der Waals surface area contributed by atoms with E-state index in [1.165, 1.54) is 26.4 Å². The van der Waals surface area contributed by atoms with Crippen LogP contribution in [0.25, 0.3) is 0 Å². The van der Waals surface area contributed by atoms with E-state index in [-0.39, 0.29) is 36.0 Å². The van der Waals surface area contributed by atoms with Crippen LogP contribution in [0.5, 0.6) is 0 Å². The Morgan fingerprint density at radius 1 is 1.36 bits per heavy atom. The highest BCUT2D eigenvalue weighted by Gasteiger charge is 2.24. The molecule has 2 rings (SSSR count). The van der Waals surface area contributed by atoms with Crippen LogP contribution in [-0.4, -0.2) is 57.2 Å². The minimum atomic E-state index is -0.236. The van der Waals surface area contributed by atoms with Crippen molar-refractivity contribution in [3.05, 3.63) is 24.2 Å². The van der Waals surface area contributed by atoms with Crippen LogP contribution in [0.1, 0.15) is 37.5 Å². The summed E-state index contributed by atoms with van der Waals surface area (Å²) in [5.74, 6) is 1.40. The van der Waals surface area contributed by atoms with Crippen LogP contribution in [0.15, 0.2) is 27.8 Å². The quantitative estimate of drug-likeness (QED) is 0.279. The minimum Gasteiger partial charge on any atom is -0.469 e. The van der Waals surface area contributed by atoms with Crippen molar-refractivity contribution in [2.45, 2.75) is 31.7 Å². The molecule has 0 aromatic carbocycles. The standard InChI is InChI=1S/C17H28N4O3.HI/c1-18-17(19-9-8-16(22)23-2)20-13-14(15-7-6-12-24-15)21-10-4-3-5-11-21;/h6-7,12,14H,3-5,8-11,13H2,1-2H3,(H2,18,19,20);1H. The number of ether oxygens (including phenoxy) is 1. The fraction of sp³-hybridized carbons (Fsp3) is 0.647. The molecule has 2 heterocycles. The van der Waals surface area contributed by atoms with Crippen LogP contribution in [-0.2, 0) is 9.53 Å². The van der Waals surface area contributed by atoms with Gasteiger partial charge in [-0.1, -0.05) is 6.42 Å². The van der Waals surface area contributed by atoms with E-state index in [1.807, 2.05) is 12.1 Å². The van der Waals surface area contributed by atoms with Crippen LogP contribution >= 0.6 is 24.0 Å². The maximum Gasteiger partial charge on any atom is 0.307 e. The number of carbonyl (C=O) groups excluding carboxylic acids is 1. The zero-order valence-corrected chi connectivity index (χ0v) is 17.3. The van der Waals surface area contributed by atoms with E-state index < -0.39 is 0 Å². The monoisotopic (exact) mass is 464 g/mol. The van der Waals surface area contributed by atoms with Crippen molar-refractivity contribution in [1.29, 1.82) is 0 Å². The SMILES string of the molecule is CN=C(NCCC(=O)OC)NCC(c1ccco1)N1CCCCC1.I. The molecular formula is C17H29IN4O3. The Morgan fingerprint density at radius 3 is 2.72 bits per heavy atom. The van der Waals surface area contributed by atoms with Gasteiger partial charge in [-0.2, -0.15) is 0 Å². The summed E-state index contributed by atoms with van der Waals surface area (Å²) in [5.41, 5.74) is 0. The maximum absolute atomic E-state index is 11.2. The van der Waals surface area contributed by atoms with E-state index in [0.29, 0.717) is 25.5 Å². The van der Waals surface area contributed by atoms with E-state index in [1.54, 1.807) is 13.3 Å². The number of nitrogens with one attached hydrogen (secondary N) is 2. The number of methoxy groups -OCH3 is 1. The lowest BCUT2D eigenvalue weighted by Crippen LogP contribution is -2.44. The van der Waals surface area contributed by atoms with E-state index in [2.05, 4.69) is 25.3 Å². The van der Waals surface area contributed by atoms with Crippen LogP contribution in [0.3, 0.4) is 0 Å². The summed E-state index contributed by atoms with van der Waals surface area (Å²) in [4.78, 5) is 17.8. The first-order chi connectivity index (χ1) is 11.7. The largest absolute Gasteiger partial charge is 0.469 e. The number of furan rings is 1. The fourth-order valence-electron chi connectivity index (χ4n) is 2.92. The van der Waals surface area contributed by atoms with Crippen LogP contribution < -0.4 is 10.6 Å². The van der Waals surface area contributed by atoms with Crippen molar-refractivity contribution in [3.8, 4) is 0 Å². The second-order valence-corrected chi connectivity index (χ2v) is 5.83. The smallest absolute Gasteiger partial charge is 0.307 e. The van der Waals surface area contributed by atoms with E-state index in [4.69, 9.17) is 4.42 Å². The molecule has 1 unspecified atom stereocenters. The molecule has 25 heavy (non-hydrogen) atoms. The van der Waals surface area contributed by atoms with Crippen molar-refractivity contribution >= 4 is 35.9 Å². The predicted octanol–water partition coefficient (Wildman–Crippen LogP) is 2.15. The van der Waals surface area contributed by atoms with Gasteiger partial charge in [0.05, 0.1) is 25.8 Å². The first-order valence-corrected chi connectivity index (χ1v) is 8.53. The number of halogens is 1. The van der Waals surface area contributed by atoms with Gasteiger partial charge in [-0.25, -0.2) is 0 Å². The normalized spacial score (nSPS) is 16.6. The molecular weight excluding hydrogens is 435 g/mol. The molecule has 1 aromatic heterocycles. The molecule has 0 bridgehead atoms. The molecule has 1 saturated heterocycles. The van der Waals surface area contributed by atoms with E-state index in [0.717, 1.165) is 18.8 Å². The molecule has 1 aromatic rings. The van der Waals surface area contributed by atoms with E-state index in [9.17, 15) is 4.79 Å². The molecule has 142 valence electrons. The zero-order valence-electron chi connectivity index (χ0n) is 15.0. The van der Waals surface area contributed by atoms with Crippen molar-refractivity contribution in [3.63, 3.8) is 0 Å². The molecule has 1 atom stereocenters. The summed E-state index contributed by atoms with van der Waals surface area (Å²) in [5, 5.41) is 6.46. The van der Waals surface area contributed by atoms with Crippen molar-refractivity contribution in [2.75, 3.05) is 40.3 Å². The highest BCUT2D eigenvalue weighted by Crippen LogP contribution is 2.24. The number of guanidine groups is 1. The van der Waals surface area contributed by atoms with Crippen LogP contribution in [0.2, 0.25) is 0 Å². The highest BCUT2D eigenvalue weighted by atomic mass is 127. The molecule has 0 saturated carbocycles. The van der Waals surface area contributed by atoms with Crippen molar-refractivity contribution in [1.82, 2.24) is 15.5 Å². The Kier molecular flexibility index (Phi) is 10.6. The van der Waals surface area contributed by atoms with Crippen LogP contribution in [0.4, 0.5) is 0 Å². The number of carbonyl (C=O) groups is 1. The number of piperidine rings is 1. The van der Waals surface area contributed by atoms with Gasteiger partial charge >= 0.3 is 5.97 Å². The van der Waals surface area contributed by atoms with Gasteiger partial charge in [-0.3, -0.25) is 14.7 Å². The van der Waals surface area contributed by atoms with Gasteiger partial charge in [-0.05, 0) is 38.1 Å². The van der Waals surface area contributed by atoms with Gasteiger partial charge in [0.25, 0.3) is 0 Å². The lowest BCUT2D eigenvalue weighted by molar-refractivity contribution is -0.140. The molecule has 1 aliphatic rings. The molecule has 0 spiro atoms. The Morgan fingerprint density at radius 2 is 2.12 bits per heavy atom. The van der Waals surface area contributed by atoms with Gasteiger partial charge in [0.1, 0.15) is 5.76 Å². The second-order valence-electron chi connectivity index (χ2n) is 5.83. The fourth-order valence-corrected chi connectivity index (χ4v) is 2.92. The van der Waals surface area contributed by atoms with Gasteiger partial charge in [0, 0.05) is 20.1 Å². The van der Waals surface area contributed by atoms with Gasteiger partial charge in [0.2, 0.25) is 0 Å². The summed E-state index contributed by atoms with van der Waals surface area (Å²) < 4.78 is 10.3. The number of likely N-dealkylation sites (tertiary alicyclic amines) is 1. The lowest BCUT2D eigenvalue weighted by Gasteiger charge is -2.33. The number of rotatable bonds is 7. The van der Waals surface area contributed by atoms with Crippen LogP contribution in [0, 0.1) is 0 Å². The topological polar surface area (TPSA) is 79.1 Å². The average Bonchev–Trinajstić information content (AvgIpc) is 3.15. The summed E-state index contributed by atoms with van der Waals surface area (Å²) in [6.07, 6.45) is 5.78. The predicted molar refractivity (Wildman–Crippen MR) is 108 cm³/mol. The van der Waals surface area contributed by atoms with Crippen molar-refractivity contribution in [2.24, 2.45) is 4.99 Å². The Labute approximate surface area is 166 Å². The Hall–Kier alpha value is -1.29. The minimum absolute atomic E-state index is 0. The zero-order chi connectivity index (χ0) is 17.2. The number of hydrogen-bond donors (Lipinski definition) is 2. The summed E-state index contributed by atoms with van der Waals surface area (Å²) in [6, 6.07) is 4.13. The first-order valence-electron chi connectivity index (χ1n) is 8.53. The number of hydrogen-bond acceptors (Lipinski definition) is 5. The molecule has 0 radical (unpaired) electrons. The molecule has 2 N–H and O–H groups in total. The third kappa shape index (κ3) is 7.23. The second kappa shape index (κ2) is 12.1. The molecule has 8 heteroatoms. The third-order valence-corrected chi connectivity index (χ3v) is 4.24. The molecule has 7 nitrogen and oxygen atoms in total. The molecule has 1 fully saturated rings. The number of aliphatic imine (C=N–C) groups is 1. The first kappa shape index (κ1) is 21.8. The third-order valence-electron chi connectivity index (χ3n) is 4.24. The number of esters is 1. The van der Waals surface area contributed by atoms with Gasteiger partial charge in [0.15, 0.2) is 5.96 Å². The Balaban J connectivity index is 0.00000312. The highest BCUT2D eigenvalue weighted by molar-refractivity contribution is 14.0. The lowest BCUT2D eigenvalue weighted by atomic mass is 10.1. The van der Waals surface area contributed by atoms with Crippen molar-refractivity contribution < 1.29 is 13.9 Å². The molecule has 1 aliphatic heterocycles. The Bertz CT molecular complexity index is 516. The average molecular weight is 464 g/mol. The summed E-state index contributed by atoms with van der Waals surface area (Å²) >= 11 is 0. The molecule has 0 amide bonds. The molecule has 0 aliphatic carbocycles. The number of nitrogens with zero attached hydrogens (tertiary/aromatic N) is 2.